The van der Waals surface area contributed by atoms with Gasteiger partial charge in [-0.1, -0.05) is 13.8 Å². The molecular formula is C10H12N2O2. The van der Waals surface area contributed by atoms with Gasteiger partial charge in [0, 0.05) is 5.56 Å². The van der Waals surface area contributed by atoms with Crippen LogP contribution < -0.4 is 5.56 Å². The van der Waals surface area contributed by atoms with Crippen molar-refractivity contribution >= 4 is 0 Å². The van der Waals surface area contributed by atoms with E-state index in [9.17, 15) is 9.90 Å². The van der Waals surface area contributed by atoms with E-state index in [0.29, 0.717) is 24.0 Å². The molecule has 0 spiro atoms. The number of hydrogen-bond acceptors (Lipinski definition) is 3. The van der Waals surface area contributed by atoms with E-state index in [1.165, 1.54) is 0 Å². The molecule has 4 heteroatoms. The Morgan fingerprint density at radius 1 is 1.36 bits per heavy atom. The zero-order valence-corrected chi connectivity index (χ0v) is 8.22. The van der Waals surface area contributed by atoms with Crippen molar-refractivity contribution in [2.24, 2.45) is 0 Å². The summed E-state index contributed by atoms with van der Waals surface area (Å²) < 4.78 is 0. The van der Waals surface area contributed by atoms with Gasteiger partial charge in [0.1, 0.15) is 11.6 Å². The van der Waals surface area contributed by atoms with Gasteiger partial charge in [-0.05, 0) is 18.4 Å². The maximum absolute atomic E-state index is 11.3. The first-order chi connectivity index (χ1) is 6.65. The highest BCUT2D eigenvalue weighted by atomic mass is 16.3. The van der Waals surface area contributed by atoms with Gasteiger partial charge >= 0.3 is 0 Å². The summed E-state index contributed by atoms with van der Waals surface area (Å²) in [7, 11) is 0. The topological polar surface area (TPSA) is 76.9 Å². The van der Waals surface area contributed by atoms with Gasteiger partial charge in [0.15, 0.2) is 5.88 Å². The second-order valence-corrected chi connectivity index (χ2v) is 2.95. The van der Waals surface area contributed by atoms with Gasteiger partial charge < -0.3 is 5.11 Å². The molecule has 0 saturated heterocycles. The summed E-state index contributed by atoms with van der Waals surface area (Å²) in [6.45, 7) is 3.72. The van der Waals surface area contributed by atoms with Gasteiger partial charge in [-0.15, -0.1) is 0 Å². The lowest BCUT2D eigenvalue weighted by atomic mass is 10.0. The van der Waals surface area contributed by atoms with Crippen molar-refractivity contribution in [1.82, 2.24) is 4.98 Å². The average molecular weight is 192 g/mol. The molecule has 74 valence electrons. The largest absolute Gasteiger partial charge is 0.494 e. The van der Waals surface area contributed by atoms with Crippen LogP contribution in [0, 0.1) is 11.3 Å². The van der Waals surface area contributed by atoms with Crippen LogP contribution in [0.15, 0.2) is 4.79 Å². The number of pyridine rings is 1. The molecule has 1 heterocycles. The summed E-state index contributed by atoms with van der Waals surface area (Å²) in [6, 6.07) is 1.86. The van der Waals surface area contributed by atoms with E-state index in [2.05, 4.69) is 4.98 Å². The van der Waals surface area contributed by atoms with Gasteiger partial charge in [0.05, 0.1) is 0 Å². The third kappa shape index (κ3) is 1.49. The minimum atomic E-state index is -0.515. The average Bonchev–Trinajstić information content (AvgIpc) is 2.16. The molecule has 2 N–H and O–H groups in total. The predicted octanol–water partition coefficient (Wildman–Crippen LogP) is 1.08. The van der Waals surface area contributed by atoms with Crippen molar-refractivity contribution < 1.29 is 5.11 Å². The quantitative estimate of drug-likeness (QED) is 0.736. The smallest absolute Gasteiger partial charge is 0.268 e. The lowest BCUT2D eigenvalue weighted by Crippen LogP contribution is -2.15. The Bertz CT molecular complexity index is 441. The van der Waals surface area contributed by atoms with Gasteiger partial charge in [-0.2, -0.15) is 5.26 Å². The van der Waals surface area contributed by atoms with E-state index in [1.54, 1.807) is 0 Å². The Morgan fingerprint density at radius 3 is 2.36 bits per heavy atom. The Kier molecular flexibility index (Phi) is 2.92. The second kappa shape index (κ2) is 3.97. The van der Waals surface area contributed by atoms with E-state index in [-0.39, 0.29) is 11.4 Å². The number of aromatic hydroxyl groups is 1. The van der Waals surface area contributed by atoms with Gasteiger partial charge in [-0.25, -0.2) is 0 Å². The fraction of sp³-hybridized carbons (Fsp3) is 0.400. The fourth-order valence-electron chi connectivity index (χ4n) is 1.57. The number of nitrogens with one attached hydrogen (secondary N) is 1. The minimum Gasteiger partial charge on any atom is -0.494 e. The van der Waals surface area contributed by atoms with Gasteiger partial charge in [0.25, 0.3) is 5.56 Å². The zero-order valence-electron chi connectivity index (χ0n) is 8.22. The molecular weight excluding hydrogens is 180 g/mol. The molecule has 0 aliphatic heterocycles. The minimum absolute atomic E-state index is 0.113. The van der Waals surface area contributed by atoms with Crippen LogP contribution in [0.4, 0.5) is 0 Å². The van der Waals surface area contributed by atoms with Crippen LogP contribution in [0.3, 0.4) is 0 Å². The highest BCUT2D eigenvalue weighted by Crippen LogP contribution is 2.20. The number of H-pyrrole nitrogens is 1. The molecule has 0 aromatic carbocycles. The Morgan fingerprint density at radius 2 is 1.93 bits per heavy atom. The third-order valence-corrected chi connectivity index (χ3v) is 2.23. The molecule has 0 atom stereocenters. The monoisotopic (exact) mass is 192 g/mol. The summed E-state index contributed by atoms with van der Waals surface area (Å²) in [6.07, 6.45) is 1.17. The van der Waals surface area contributed by atoms with Crippen LogP contribution in [0.5, 0.6) is 5.88 Å². The first-order valence-corrected chi connectivity index (χ1v) is 4.52. The molecule has 0 saturated carbocycles. The highest BCUT2D eigenvalue weighted by molar-refractivity contribution is 5.45. The molecule has 1 aromatic heterocycles. The van der Waals surface area contributed by atoms with Crippen molar-refractivity contribution in [3.05, 3.63) is 27.0 Å². The zero-order chi connectivity index (χ0) is 10.7. The summed E-state index contributed by atoms with van der Waals surface area (Å²) in [4.78, 5) is 13.5. The molecule has 1 aromatic rings. The number of hydrogen-bond donors (Lipinski definition) is 2. The second-order valence-electron chi connectivity index (χ2n) is 2.95. The molecule has 14 heavy (non-hydrogen) atoms. The number of aromatic nitrogens is 1. The molecule has 4 nitrogen and oxygen atoms in total. The lowest BCUT2D eigenvalue weighted by molar-refractivity contribution is 0.443. The standard InChI is InChI=1S/C10H12N2O2/c1-3-6-7(4-2)9(13)12-10(14)8(6)5-11/h3-4H2,1-2H3,(H2,12,13,14). The fourth-order valence-corrected chi connectivity index (χ4v) is 1.57. The van der Waals surface area contributed by atoms with E-state index in [4.69, 9.17) is 5.26 Å². The van der Waals surface area contributed by atoms with Crippen LogP contribution >= 0.6 is 0 Å². The molecule has 0 aliphatic carbocycles. The number of aromatic amines is 1. The van der Waals surface area contributed by atoms with Crippen LogP contribution in [0.1, 0.15) is 30.5 Å². The summed E-state index contributed by atoms with van der Waals surface area (Å²) in [5.74, 6) is -0.117. The first-order valence-electron chi connectivity index (χ1n) is 4.52. The van der Waals surface area contributed by atoms with Crippen LogP contribution in [0.2, 0.25) is 0 Å². The normalized spacial score (nSPS) is 9.79. The SMILES string of the molecule is CCc1c(O)[nH]c(=O)c(C#N)c1CC. The highest BCUT2D eigenvalue weighted by Gasteiger charge is 2.13. The van der Waals surface area contributed by atoms with Crippen molar-refractivity contribution in [2.45, 2.75) is 26.7 Å². The van der Waals surface area contributed by atoms with Crippen LogP contribution in [0.25, 0.3) is 0 Å². The first kappa shape index (κ1) is 10.3. The molecule has 0 aliphatic rings. The van der Waals surface area contributed by atoms with Crippen molar-refractivity contribution in [3.8, 4) is 11.9 Å². The molecule has 0 radical (unpaired) electrons. The Hall–Kier alpha value is -1.76. The summed E-state index contributed by atoms with van der Waals surface area (Å²) in [5.41, 5.74) is 0.904. The van der Waals surface area contributed by atoms with E-state index in [0.717, 1.165) is 0 Å². The molecule has 0 bridgehead atoms. The summed E-state index contributed by atoms with van der Waals surface area (Å²) >= 11 is 0. The number of nitrogens with zero attached hydrogens (tertiary/aromatic N) is 1. The van der Waals surface area contributed by atoms with E-state index in [1.807, 2.05) is 19.9 Å². The van der Waals surface area contributed by atoms with E-state index < -0.39 is 5.56 Å². The maximum atomic E-state index is 11.3. The number of nitriles is 1. The molecule has 0 amide bonds. The molecule has 0 unspecified atom stereocenters. The number of rotatable bonds is 2. The predicted molar refractivity (Wildman–Crippen MR) is 52.2 cm³/mol. The maximum Gasteiger partial charge on any atom is 0.268 e. The van der Waals surface area contributed by atoms with Gasteiger partial charge in [0.2, 0.25) is 0 Å². The van der Waals surface area contributed by atoms with Crippen molar-refractivity contribution in [1.29, 1.82) is 5.26 Å². The molecule has 1 rings (SSSR count). The van der Waals surface area contributed by atoms with Gasteiger partial charge in [-0.3, -0.25) is 9.78 Å². The van der Waals surface area contributed by atoms with E-state index >= 15 is 0 Å². The van der Waals surface area contributed by atoms with Crippen LogP contribution in [-0.2, 0) is 12.8 Å². The molecule has 0 fully saturated rings. The van der Waals surface area contributed by atoms with Crippen molar-refractivity contribution in [2.75, 3.05) is 0 Å². The summed E-state index contributed by atoms with van der Waals surface area (Å²) in [5, 5.41) is 18.2. The third-order valence-electron chi connectivity index (χ3n) is 2.23. The Labute approximate surface area is 81.8 Å². The van der Waals surface area contributed by atoms with Crippen LogP contribution in [-0.4, -0.2) is 10.1 Å². The lowest BCUT2D eigenvalue weighted by Gasteiger charge is -2.08. The Balaban J connectivity index is 3.62. The van der Waals surface area contributed by atoms with Crippen molar-refractivity contribution in [3.63, 3.8) is 0 Å².